The van der Waals surface area contributed by atoms with Gasteiger partial charge in [-0.2, -0.15) is 0 Å². The summed E-state index contributed by atoms with van der Waals surface area (Å²) in [5.74, 6) is -1.63. The molecule has 2 aliphatic heterocycles. The van der Waals surface area contributed by atoms with Crippen molar-refractivity contribution in [3.63, 3.8) is 0 Å². The summed E-state index contributed by atoms with van der Waals surface area (Å²) in [7, 11) is 7.59. The molecule has 4 atom stereocenters. The fraction of sp³-hybridized carbons (Fsp3) is 0.591. The highest BCUT2D eigenvalue weighted by Gasteiger charge is 2.37. The van der Waals surface area contributed by atoms with Crippen LogP contribution >= 0.6 is 0 Å². The van der Waals surface area contributed by atoms with E-state index in [9.17, 15) is 28.8 Å². The molecular weight excluding hydrogens is 769 g/mol. The average molecular weight is 835 g/mol. The smallest absolute Gasteiger partial charge is 0.408 e. The summed E-state index contributed by atoms with van der Waals surface area (Å²) in [4.78, 5) is 85.7. The van der Waals surface area contributed by atoms with Crippen LogP contribution in [0.3, 0.4) is 0 Å². The quantitative estimate of drug-likeness (QED) is 0.198. The summed E-state index contributed by atoms with van der Waals surface area (Å²) in [6, 6.07) is 13.4. The first-order valence-electron chi connectivity index (χ1n) is 20.7. The second-order valence-electron chi connectivity index (χ2n) is 18.3. The van der Waals surface area contributed by atoms with Gasteiger partial charge in [-0.05, 0) is 144 Å². The Morgan fingerprint density at radius 2 is 0.933 bits per heavy atom. The van der Waals surface area contributed by atoms with Crippen LogP contribution in [0.15, 0.2) is 48.5 Å². The number of rotatable bonds is 15. The monoisotopic (exact) mass is 835 g/mol. The SMILES string of the molecule is CN(C)CC[C@H](NC(=O)OC(C)(C)C)C(=O)N1CC[C@@H](C(=O)Nc2ccc(-c3ccc(NC(=O)[C@H]4CCN(C(=O)[C@@H](CCN(C)C)NC(=O)OC(C)(C)C)C4)cc3)cc2)C1. The number of amides is 6. The molecule has 2 aliphatic rings. The van der Waals surface area contributed by atoms with Gasteiger partial charge in [0.2, 0.25) is 23.6 Å². The van der Waals surface area contributed by atoms with E-state index in [2.05, 4.69) is 21.3 Å². The third-order valence-electron chi connectivity index (χ3n) is 10.1. The molecular formula is C44H66N8O8. The highest BCUT2D eigenvalue weighted by Crippen LogP contribution is 2.26. The number of hydrogen-bond acceptors (Lipinski definition) is 10. The van der Waals surface area contributed by atoms with Gasteiger partial charge in [-0.15, -0.1) is 0 Å². The van der Waals surface area contributed by atoms with Gasteiger partial charge in [0.05, 0.1) is 11.8 Å². The van der Waals surface area contributed by atoms with Crippen molar-refractivity contribution in [1.82, 2.24) is 30.2 Å². The average Bonchev–Trinajstić information content (AvgIpc) is 3.85. The van der Waals surface area contributed by atoms with Crippen LogP contribution < -0.4 is 21.3 Å². The molecule has 0 aliphatic carbocycles. The lowest BCUT2D eigenvalue weighted by atomic mass is 10.0. The summed E-state index contributed by atoms with van der Waals surface area (Å²) in [6.07, 6.45) is 0.518. The number of anilines is 2. The lowest BCUT2D eigenvalue weighted by Crippen LogP contribution is -2.50. The topological polar surface area (TPSA) is 182 Å². The van der Waals surface area contributed by atoms with E-state index in [0.717, 1.165) is 11.1 Å². The second-order valence-corrected chi connectivity index (χ2v) is 18.3. The summed E-state index contributed by atoms with van der Waals surface area (Å²) in [6.45, 7) is 13.1. The van der Waals surface area contributed by atoms with Gasteiger partial charge in [0.15, 0.2) is 0 Å². The Morgan fingerprint density at radius 3 is 1.23 bits per heavy atom. The van der Waals surface area contributed by atoms with E-state index in [0.29, 0.717) is 63.2 Å². The van der Waals surface area contributed by atoms with Crippen LogP contribution in [0, 0.1) is 11.8 Å². The van der Waals surface area contributed by atoms with Crippen molar-refractivity contribution in [2.45, 2.75) is 90.5 Å². The van der Waals surface area contributed by atoms with Gasteiger partial charge in [-0.3, -0.25) is 19.2 Å². The molecule has 2 aromatic rings. The maximum absolute atomic E-state index is 13.5. The lowest BCUT2D eigenvalue weighted by Gasteiger charge is -2.27. The van der Waals surface area contributed by atoms with Crippen LogP contribution in [0.2, 0.25) is 0 Å². The van der Waals surface area contributed by atoms with Crippen molar-refractivity contribution in [2.24, 2.45) is 11.8 Å². The van der Waals surface area contributed by atoms with E-state index in [1.807, 2.05) is 86.5 Å². The first-order chi connectivity index (χ1) is 28.1. The van der Waals surface area contributed by atoms with Gasteiger partial charge in [0.25, 0.3) is 0 Å². The highest BCUT2D eigenvalue weighted by molar-refractivity contribution is 5.95. The van der Waals surface area contributed by atoms with E-state index in [1.165, 1.54) is 0 Å². The summed E-state index contributed by atoms with van der Waals surface area (Å²) < 4.78 is 10.8. The van der Waals surface area contributed by atoms with Gasteiger partial charge >= 0.3 is 12.2 Å². The molecule has 2 fully saturated rings. The Kier molecular flexibility index (Phi) is 16.5. The number of carbonyl (C=O) groups excluding carboxylic acids is 6. The molecule has 16 nitrogen and oxygen atoms in total. The molecule has 2 aromatic carbocycles. The Bertz CT molecular complexity index is 1670. The van der Waals surface area contributed by atoms with Gasteiger partial charge in [-0.1, -0.05) is 24.3 Å². The molecule has 330 valence electrons. The van der Waals surface area contributed by atoms with E-state index >= 15 is 0 Å². The first-order valence-corrected chi connectivity index (χ1v) is 20.7. The van der Waals surface area contributed by atoms with Crippen LogP contribution in [-0.2, 0) is 28.7 Å². The molecule has 0 unspecified atom stereocenters. The van der Waals surface area contributed by atoms with Gasteiger partial charge < -0.3 is 50.3 Å². The van der Waals surface area contributed by atoms with E-state index in [1.54, 1.807) is 51.3 Å². The van der Waals surface area contributed by atoms with Crippen LogP contribution in [-0.4, -0.2) is 146 Å². The molecule has 0 saturated carbocycles. The van der Waals surface area contributed by atoms with Gasteiger partial charge in [0.1, 0.15) is 23.3 Å². The van der Waals surface area contributed by atoms with Crippen molar-refractivity contribution in [2.75, 3.05) is 78.1 Å². The number of benzene rings is 2. The molecule has 0 radical (unpaired) electrons. The maximum atomic E-state index is 13.5. The molecule has 4 N–H and O–H groups in total. The van der Waals surface area contributed by atoms with Crippen molar-refractivity contribution in [3.8, 4) is 11.1 Å². The van der Waals surface area contributed by atoms with Crippen molar-refractivity contribution in [1.29, 1.82) is 0 Å². The molecule has 0 aromatic heterocycles. The van der Waals surface area contributed by atoms with Crippen LogP contribution in [0.5, 0.6) is 0 Å². The van der Waals surface area contributed by atoms with Crippen molar-refractivity contribution < 1.29 is 38.2 Å². The minimum atomic E-state index is -0.772. The Hall–Kier alpha value is -5.22. The number of likely N-dealkylation sites (tertiary alicyclic amines) is 2. The zero-order valence-electron chi connectivity index (χ0n) is 37.1. The summed E-state index contributed by atoms with van der Waals surface area (Å²) in [5.41, 5.74) is 1.68. The number of hydrogen-bond donors (Lipinski definition) is 4. The fourth-order valence-corrected chi connectivity index (χ4v) is 6.96. The molecule has 2 saturated heterocycles. The number of nitrogens with zero attached hydrogens (tertiary/aromatic N) is 4. The molecule has 0 bridgehead atoms. The minimum Gasteiger partial charge on any atom is -0.444 e. The van der Waals surface area contributed by atoms with E-state index in [-0.39, 0.29) is 36.7 Å². The van der Waals surface area contributed by atoms with Crippen LogP contribution in [0.4, 0.5) is 21.0 Å². The number of ether oxygens (including phenoxy) is 2. The molecule has 6 amide bonds. The van der Waals surface area contributed by atoms with Crippen LogP contribution in [0.25, 0.3) is 11.1 Å². The third-order valence-corrected chi connectivity index (χ3v) is 10.1. The number of carbonyl (C=O) groups is 6. The second kappa shape index (κ2) is 20.8. The molecule has 4 rings (SSSR count). The molecule has 2 heterocycles. The molecule has 16 heteroatoms. The maximum Gasteiger partial charge on any atom is 0.408 e. The largest absolute Gasteiger partial charge is 0.444 e. The summed E-state index contributed by atoms with van der Waals surface area (Å²) >= 11 is 0. The minimum absolute atomic E-state index is 0.181. The van der Waals surface area contributed by atoms with Crippen molar-refractivity contribution in [3.05, 3.63) is 48.5 Å². The summed E-state index contributed by atoms with van der Waals surface area (Å²) in [5, 5.41) is 11.4. The number of nitrogens with one attached hydrogen (secondary N) is 4. The Morgan fingerprint density at radius 1 is 0.600 bits per heavy atom. The zero-order valence-corrected chi connectivity index (χ0v) is 37.1. The highest BCUT2D eigenvalue weighted by atomic mass is 16.6. The Balaban J connectivity index is 1.27. The molecule has 0 spiro atoms. The van der Waals surface area contributed by atoms with E-state index in [4.69, 9.17) is 9.47 Å². The van der Waals surface area contributed by atoms with Crippen molar-refractivity contribution >= 4 is 47.2 Å². The normalized spacial score (nSPS) is 17.9. The predicted octanol–water partition coefficient (Wildman–Crippen LogP) is 4.62. The lowest BCUT2D eigenvalue weighted by molar-refractivity contribution is -0.133. The first kappa shape index (κ1) is 47.5. The van der Waals surface area contributed by atoms with Crippen LogP contribution in [0.1, 0.15) is 67.2 Å². The standard InChI is InChI=1S/C44H66N8O8/c1-43(2,3)59-41(57)47-35(21-23-49(7)8)39(55)51-25-19-31(27-51)37(53)45-33-15-11-29(12-16-33)30-13-17-34(18-14-30)46-38(54)32-20-26-52(28-32)40(56)36(22-24-50(9)10)48-42(58)60-44(4,5)6/h11-18,31-32,35-36H,19-28H2,1-10H3,(H,45,53)(H,46,54)(H,47,57)(H,48,58)/t31-,32+,35+,36-. The third kappa shape index (κ3) is 15.1. The fourth-order valence-electron chi connectivity index (χ4n) is 6.96. The predicted molar refractivity (Wildman–Crippen MR) is 231 cm³/mol. The Labute approximate surface area is 355 Å². The molecule has 60 heavy (non-hydrogen) atoms. The number of alkyl carbamates (subject to hydrolysis) is 2. The zero-order chi connectivity index (χ0) is 44.4. The van der Waals surface area contributed by atoms with E-state index < -0.39 is 47.3 Å². The van der Waals surface area contributed by atoms with Gasteiger partial charge in [-0.25, -0.2) is 9.59 Å². The van der Waals surface area contributed by atoms with Gasteiger partial charge in [0, 0.05) is 37.6 Å².